The molecule has 2 fully saturated rings. The minimum Gasteiger partial charge on any atom is -0.274 e. The van der Waals surface area contributed by atoms with Crippen molar-refractivity contribution in [2.24, 2.45) is 33.5 Å². The minimum absolute atomic E-state index is 0.0472. The molecule has 0 bridgehead atoms. The Morgan fingerprint density at radius 3 is 1.17 bits per heavy atom. The van der Waals surface area contributed by atoms with Gasteiger partial charge >= 0.3 is 0 Å². The van der Waals surface area contributed by atoms with Gasteiger partial charge in [-0.1, -0.05) is 121 Å². The van der Waals surface area contributed by atoms with Gasteiger partial charge < -0.3 is 0 Å². The number of nitrogens with zero attached hydrogens (tertiary/aromatic N) is 3. The maximum absolute atomic E-state index is 13.2. The molecule has 0 N–H and O–H groups in total. The fourth-order valence-electron chi connectivity index (χ4n) is 7.84. The topological polar surface area (TPSA) is 78.0 Å². The SMILES string of the molecule is C=C(CC1CC(=O)N(CN(C)CN2C(=O)CC(CC(=C)CC(C)(C)CC(C)(C)C)C2=O)C1=O)CC(C)(C)CC(C)(C)C.CC.CC. The van der Waals surface area contributed by atoms with Crippen LogP contribution < -0.4 is 0 Å². The molecule has 266 valence electrons. The first-order valence-corrected chi connectivity index (χ1v) is 17.6. The Morgan fingerprint density at radius 2 is 0.913 bits per heavy atom. The van der Waals surface area contributed by atoms with Crippen LogP contribution in [-0.2, 0) is 19.2 Å². The number of carbonyl (C=O) groups is 4. The normalized spacial score (nSPS) is 19.3. The molecule has 2 saturated heterocycles. The first-order valence-electron chi connectivity index (χ1n) is 17.6. The zero-order valence-electron chi connectivity index (χ0n) is 32.6. The lowest BCUT2D eigenvalue weighted by Gasteiger charge is -2.33. The first-order chi connectivity index (χ1) is 20.9. The summed E-state index contributed by atoms with van der Waals surface area (Å²) in [6.45, 7) is 38.8. The van der Waals surface area contributed by atoms with E-state index in [0.29, 0.717) is 12.8 Å². The highest BCUT2D eigenvalue weighted by atomic mass is 16.2. The second-order valence-electron chi connectivity index (χ2n) is 17.3. The molecule has 2 aliphatic rings. The monoisotopic (exact) mass is 646 g/mol. The highest BCUT2D eigenvalue weighted by Crippen LogP contribution is 2.41. The van der Waals surface area contributed by atoms with Crippen LogP contribution in [0.25, 0.3) is 0 Å². The van der Waals surface area contributed by atoms with E-state index in [4.69, 9.17) is 0 Å². The van der Waals surface area contributed by atoms with Gasteiger partial charge in [0.2, 0.25) is 23.6 Å². The van der Waals surface area contributed by atoms with Gasteiger partial charge in [-0.2, -0.15) is 0 Å². The van der Waals surface area contributed by atoms with Crippen LogP contribution in [0.3, 0.4) is 0 Å². The van der Waals surface area contributed by atoms with Crippen molar-refractivity contribution in [3.05, 3.63) is 24.3 Å². The van der Waals surface area contributed by atoms with Crippen LogP contribution in [0.2, 0.25) is 0 Å². The number of amides is 4. The molecule has 2 aliphatic heterocycles. The van der Waals surface area contributed by atoms with Crippen molar-refractivity contribution in [2.45, 2.75) is 148 Å². The molecule has 2 rings (SSSR count). The lowest BCUT2D eigenvalue weighted by atomic mass is 9.72. The average molecular weight is 646 g/mol. The Labute approximate surface area is 283 Å². The largest absolute Gasteiger partial charge is 0.274 e. The van der Waals surface area contributed by atoms with E-state index in [-0.39, 0.29) is 71.5 Å². The van der Waals surface area contributed by atoms with Gasteiger partial charge in [0.25, 0.3) is 0 Å². The van der Waals surface area contributed by atoms with E-state index in [1.165, 1.54) is 9.80 Å². The highest BCUT2D eigenvalue weighted by molar-refractivity contribution is 6.04. The van der Waals surface area contributed by atoms with Crippen LogP contribution in [0.15, 0.2) is 24.3 Å². The third kappa shape index (κ3) is 15.1. The fraction of sp³-hybridized carbons (Fsp3) is 0.795. The van der Waals surface area contributed by atoms with Crippen LogP contribution in [0.4, 0.5) is 0 Å². The molecule has 4 amide bonds. The van der Waals surface area contributed by atoms with E-state index in [9.17, 15) is 19.2 Å². The van der Waals surface area contributed by atoms with Crippen molar-refractivity contribution in [1.82, 2.24) is 14.7 Å². The number of hydrogen-bond donors (Lipinski definition) is 0. The number of likely N-dealkylation sites (tertiary alicyclic amines) is 2. The molecular formula is C39H71N3O4. The molecule has 46 heavy (non-hydrogen) atoms. The van der Waals surface area contributed by atoms with Crippen molar-refractivity contribution < 1.29 is 19.2 Å². The Hall–Kier alpha value is -2.28. The molecule has 0 aromatic heterocycles. The minimum atomic E-state index is -0.406. The molecule has 0 radical (unpaired) electrons. The van der Waals surface area contributed by atoms with Crippen molar-refractivity contribution in [3.8, 4) is 0 Å². The van der Waals surface area contributed by atoms with Crippen molar-refractivity contribution in [1.29, 1.82) is 0 Å². The zero-order valence-corrected chi connectivity index (χ0v) is 32.6. The van der Waals surface area contributed by atoms with E-state index in [2.05, 4.69) is 82.4 Å². The van der Waals surface area contributed by atoms with Crippen LogP contribution in [-0.4, -0.2) is 58.7 Å². The summed E-state index contributed by atoms with van der Waals surface area (Å²) in [5, 5.41) is 0. The summed E-state index contributed by atoms with van der Waals surface area (Å²) in [4.78, 5) is 56.3. The number of rotatable bonds is 14. The van der Waals surface area contributed by atoms with Crippen LogP contribution in [0.1, 0.15) is 148 Å². The molecule has 0 aromatic carbocycles. The maximum Gasteiger partial charge on any atom is 0.234 e. The molecule has 2 heterocycles. The third-order valence-corrected chi connectivity index (χ3v) is 7.99. The van der Waals surface area contributed by atoms with E-state index < -0.39 is 11.8 Å². The number of carbonyl (C=O) groups excluding carboxylic acids is 4. The highest BCUT2D eigenvalue weighted by Gasteiger charge is 2.42. The van der Waals surface area contributed by atoms with E-state index >= 15 is 0 Å². The number of allylic oxidation sites excluding steroid dienone is 2. The third-order valence-electron chi connectivity index (χ3n) is 7.99. The molecule has 0 aliphatic carbocycles. The Balaban J connectivity index is 0.00000486. The van der Waals surface area contributed by atoms with Crippen LogP contribution in [0, 0.1) is 33.5 Å². The second kappa shape index (κ2) is 17.8. The summed E-state index contributed by atoms with van der Waals surface area (Å²) in [7, 11) is 1.73. The predicted octanol–water partition coefficient (Wildman–Crippen LogP) is 9.23. The van der Waals surface area contributed by atoms with Gasteiger partial charge in [0.15, 0.2) is 0 Å². The molecule has 0 spiro atoms. The van der Waals surface area contributed by atoms with E-state index in [1.807, 2.05) is 27.7 Å². The molecule has 2 atom stereocenters. The Morgan fingerprint density at radius 1 is 0.630 bits per heavy atom. The zero-order chi connectivity index (χ0) is 36.4. The standard InChI is InChI=1S/C35H59N3O4.2C2H6/c1-24(18-34(9,10)20-32(3,4)5)14-26-16-28(39)37(30(26)41)22-36(13)23-38-29(40)17-27(31(38)42)15-25(2)19-35(11,12)21-33(6,7)8;2*1-2/h26-27H,1-2,14-23H2,3-13H3;2*1-2H3. The summed E-state index contributed by atoms with van der Waals surface area (Å²) in [6.07, 6.45) is 5.02. The second-order valence-corrected chi connectivity index (χ2v) is 17.3. The quantitative estimate of drug-likeness (QED) is 0.139. The average Bonchev–Trinajstić information content (AvgIpc) is 3.26. The van der Waals surface area contributed by atoms with Crippen LogP contribution >= 0.6 is 0 Å². The summed E-state index contributed by atoms with van der Waals surface area (Å²) in [5.41, 5.74) is 2.49. The molecule has 0 saturated carbocycles. The van der Waals surface area contributed by atoms with Gasteiger partial charge in [-0.15, -0.1) is 0 Å². The summed E-state index contributed by atoms with van der Waals surface area (Å²) in [6, 6.07) is 0. The predicted molar refractivity (Wildman–Crippen MR) is 193 cm³/mol. The first kappa shape index (κ1) is 43.7. The lowest BCUT2D eigenvalue weighted by Crippen LogP contribution is -2.46. The Bertz CT molecular complexity index is 990. The van der Waals surface area contributed by atoms with Crippen molar-refractivity contribution >= 4 is 23.6 Å². The van der Waals surface area contributed by atoms with Gasteiger partial charge in [0.1, 0.15) is 0 Å². The van der Waals surface area contributed by atoms with Crippen molar-refractivity contribution in [2.75, 3.05) is 20.4 Å². The molecular weight excluding hydrogens is 574 g/mol. The van der Waals surface area contributed by atoms with Gasteiger partial charge in [-0.3, -0.25) is 33.9 Å². The fourth-order valence-corrected chi connectivity index (χ4v) is 7.84. The summed E-state index contributed by atoms with van der Waals surface area (Å²) < 4.78 is 0. The summed E-state index contributed by atoms with van der Waals surface area (Å²) >= 11 is 0. The maximum atomic E-state index is 13.2. The van der Waals surface area contributed by atoms with Gasteiger partial charge in [0.05, 0.1) is 25.2 Å². The Kier molecular flexibility index (Phi) is 16.9. The number of hydrogen-bond acceptors (Lipinski definition) is 5. The van der Waals surface area contributed by atoms with E-state index in [1.54, 1.807) is 11.9 Å². The van der Waals surface area contributed by atoms with Gasteiger partial charge in [-0.05, 0) is 67.2 Å². The molecule has 7 heteroatoms. The smallest absolute Gasteiger partial charge is 0.234 e. The van der Waals surface area contributed by atoms with Crippen LogP contribution in [0.5, 0.6) is 0 Å². The van der Waals surface area contributed by atoms with Crippen molar-refractivity contribution in [3.63, 3.8) is 0 Å². The molecule has 0 aromatic rings. The van der Waals surface area contributed by atoms with Gasteiger partial charge in [0, 0.05) is 12.8 Å². The lowest BCUT2D eigenvalue weighted by molar-refractivity contribution is -0.144. The molecule has 2 unspecified atom stereocenters. The van der Waals surface area contributed by atoms with Gasteiger partial charge in [-0.25, -0.2) is 0 Å². The molecule has 7 nitrogen and oxygen atoms in total. The summed E-state index contributed by atoms with van der Waals surface area (Å²) in [5.74, 6) is -1.65. The van der Waals surface area contributed by atoms with E-state index in [0.717, 1.165) is 36.8 Å². The number of imide groups is 2.